The van der Waals surface area contributed by atoms with E-state index in [0.717, 1.165) is 56.7 Å². The lowest BCUT2D eigenvalue weighted by atomic mass is 9.94. The molecule has 0 bridgehead atoms. The first kappa shape index (κ1) is 14.5. The van der Waals surface area contributed by atoms with Crippen LogP contribution in [0.25, 0.3) is 0 Å². The summed E-state index contributed by atoms with van der Waals surface area (Å²) in [7, 11) is 0. The Bertz CT molecular complexity index is 375. The average molecular weight is 266 g/mol. The SMILES string of the molecule is CCN(CC)CCc1noc(C2CC(C)CCN2)n1. The van der Waals surface area contributed by atoms with E-state index in [1.807, 2.05) is 0 Å². The number of rotatable bonds is 6. The standard InChI is InChI=1S/C14H26N4O/c1-4-18(5-2)9-7-13-16-14(19-17-13)12-10-11(3)6-8-15-12/h11-12,15H,4-10H2,1-3H3. The molecule has 1 aliphatic rings. The number of nitrogens with zero attached hydrogens (tertiary/aromatic N) is 3. The summed E-state index contributed by atoms with van der Waals surface area (Å²) >= 11 is 0. The van der Waals surface area contributed by atoms with Crippen LogP contribution in [-0.4, -0.2) is 41.2 Å². The van der Waals surface area contributed by atoms with Crippen LogP contribution in [0.2, 0.25) is 0 Å². The third kappa shape index (κ3) is 4.01. The van der Waals surface area contributed by atoms with Crippen molar-refractivity contribution >= 4 is 0 Å². The molecule has 2 atom stereocenters. The molecule has 0 saturated carbocycles. The molecule has 1 aliphatic heterocycles. The van der Waals surface area contributed by atoms with Crippen LogP contribution in [0.1, 0.15) is 51.4 Å². The third-order valence-corrected chi connectivity index (χ3v) is 3.99. The molecule has 2 rings (SSSR count). The molecule has 19 heavy (non-hydrogen) atoms. The van der Waals surface area contributed by atoms with Gasteiger partial charge in [-0.1, -0.05) is 25.9 Å². The van der Waals surface area contributed by atoms with Crippen molar-refractivity contribution in [2.75, 3.05) is 26.2 Å². The maximum Gasteiger partial charge on any atom is 0.243 e. The van der Waals surface area contributed by atoms with Crippen LogP contribution in [0, 0.1) is 5.92 Å². The van der Waals surface area contributed by atoms with E-state index >= 15 is 0 Å². The van der Waals surface area contributed by atoms with Crippen LogP contribution in [0.15, 0.2) is 4.52 Å². The highest BCUT2D eigenvalue weighted by Crippen LogP contribution is 2.25. The van der Waals surface area contributed by atoms with E-state index in [0.29, 0.717) is 0 Å². The summed E-state index contributed by atoms with van der Waals surface area (Å²) in [5.41, 5.74) is 0. The van der Waals surface area contributed by atoms with Gasteiger partial charge in [0.2, 0.25) is 5.89 Å². The molecule has 0 radical (unpaired) electrons. The summed E-state index contributed by atoms with van der Waals surface area (Å²) in [5, 5.41) is 7.56. The van der Waals surface area contributed by atoms with E-state index in [1.54, 1.807) is 0 Å². The minimum absolute atomic E-state index is 0.249. The Balaban J connectivity index is 1.87. The van der Waals surface area contributed by atoms with Gasteiger partial charge in [0.05, 0.1) is 6.04 Å². The number of hydrogen-bond acceptors (Lipinski definition) is 5. The van der Waals surface area contributed by atoms with Crippen molar-refractivity contribution in [3.05, 3.63) is 11.7 Å². The van der Waals surface area contributed by atoms with Gasteiger partial charge in [0.15, 0.2) is 5.82 Å². The second-order valence-electron chi connectivity index (χ2n) is 5.46. The number of hydrogen-bond donors (Lipinski definition) is 1. The van der Waals surface area contributed by atoms with E-state index in [4.69, 9.17) is 4.52 Å². The number of nitrogens with one attached hydrogen (secondary N) is 1. The topological polar surface area (TPSA) is 54.2 Å². The molecular formula is C14H26N4O. The van der Waals surface area contributed by atoms with Crippen LogP contribution in [0.3, 0.4) is 0 Å². The molecule has 0 aliphatic carbocycles. The normalized spacial score (nSPS) is 24.0. The van der Waals surface area contributed by atoms with Crippen molar-refractivity contribution in [1.29, 1.82) is 0 Å². The summed E-state index contributed by atoms with van der Waals surface area (Å²) in [4.78, 5) is 6.91. The Hall–Kier alpha value is -0.940. The highest BCUT2D eigenvalue weighted by molar-refractivity contribution is 4.95. The minimum atomic E-state index is 0.249. The fraction of sp³-hybridized carbons (Fsp3) is 0.857. The van der Waals surface area contributed by atoms with Crippen molar-refractivity contribution in [3.63, 3.8) is 0 Å². The lowest BCUT2D eigenvalue weighted by Crippen LogP contribution is -2.31. The zero-order valence-electron chi connectivity index (χ0n) is 12.4. The highest BCUT2D eigenvalue weighted by Gasteiger charge is 2.24. The molecule has 1 aromatic rings. The van der Waals surface area contributed by atoms with E-state index in [-0.39, 0.29) is 6.04 Å². The van der Waals surface area contributed by atoms with E-state index in [2.05, 4.69) is 41.1 Å². The second-order valence-corrected chi connectivity index (χ2v) is 5.46. The Morgan fingerprint density at radius 2 is 2.16 bits per heavy atom. The van der Waals surface area contributed by atoms with Gasteiger partial charge in [-0.15, -0.1) is 0 Å². The number of piperidine rings is 1. The number of aromatic nitrogens is 2. The quantitative estimate of drug-likeness (QED) is 0.853. The third-order valence-electron chi connectivity index (χ3n) is 3.99. The molecule has 1 N–H and O–H groups in total. The molecule has 0 amide bonds. The summed E-state index contributed by atoms with van der Waals surface area (Å²) in [6, 6.07) is 0.249. The Kier molecular flexibility index (Phi) is 5.34. The van der Waals surface area contributed by atoms with Crippen LogP contribution >= 0.6 is 0 Å². The summed E-state index contributed by atoms with van der Waals surface area (Å²) in [5.74, 6) is 2.33. The van der Waals surface area contributed by atoms with Crippen molar-refractivity contribution in [1.82, 2.24) is 20.4 Å². The smallest absolute Gasteiger partial charge is 0.243 e. The van der Waals surface area contributed by atoms with Crippen molar-refractivity contribution in [3.8, 4) is 0 Å². The fourth-order valence-corrected chi connectivity index (χ4v) is 2.60. The minimum Gasteiger partial charge on any atom is -0.338 e. The largest absolute Gasteiger partial charge is 0.338 e. The van der Waals surface area contributed by atoms with Crippen LogP contribution in [-0.2, 0) is 6.42 Å². The van der Waals surface area contributed by atoms with Gasteiger partial charge in [0.1, 0.15) is 0 Å². The first-order chi connectivity index (χ1) is 9.22. The summed E-state index contributed by atoms with van der Waals surface area (Å²) in [6.45, 7) is 10.8. The molecule has 1 saturated heterocycles. The molecule has 2 heterocycles. The van der Waals surface area contributed by atoms with Gasteiger partial charge in [0, 0.05) is 13.0 Å². The number of likely N-dealkylation sites (N-methyl/N-ethyl adjacent to an activating group) is 1. The van der Waals surface area contributed by atoms with Gasteiger partial charge in [-0.3, -0.25) is 0 Å². The summed E-state index contributed by atoms with van der Waals surface area (Å²) < 4.78 is 5.41. The van der Waals surface area contributed by atoms with E-state index in [1.165, 1.54) is 6.42 Å². The maximum atomic E-state index is 5.41. The molecule has 5 nitrogen and oxygen atoms in total. The molecular weight excluding hydrogens is 240 g/mol. The molecule has 5 heteroatoms. The monoisotopic (exact) mass is 266 g/mol. The van der Waals surface area contributed by atoms with Crippen molar-refractivity contribution < 1.29 is 4.52 Å². The van der Waals surface area contributed by atoms with Gasteiger partial charge in [-0.25, -0.2) is 0 Å². The zero-order valence-corrected chi connectivity index (χ0v) is 12.4. The second kappa shape index (κ2) is 7.01. The van der Waals surface area contributed by atoms with Crippen LogP contribution in [0.5, 0.6) is 0 Å². The Morgan fingerprint density at radius 3 is 2.84 bits per heavy atom. The summed E-state index contributed by atoms with van der Waals surface area (Å²) in [6.07, 6.45) is 3.20. The predicted octanol–water partition coefficient (Wildman–Crippen LogP) is 2.01. The van der Waals surface area contributed by atoms with Crippen molar-refractivity contribution in [2.45, 2.75) is 46.1 Å². The first-order valence-electron chi connectivity index (χ1n) is 7.51. The molecule has 108 valence electrons. The van der Waals surface area contributed by atoms with E-state index in [9.17, 15) is 0 Å². The first-order valence-corrected chi connectivity index (χ1v) is 7.51. The molecule has 2 unspecified atom stereocenters. The maximum absolute atomic E-state index is 5.41. The fourth-order valence-electron chi connectivity index (χ4n) is 2.60. The molecule has 1 fully saturated rings. The molecule has 0 aromatic carbocycles. The van der Waals surface area contributed by atoms with Gasteiger partial charge < -0.3 is 14.7 Å². The average Bonchev–Trinajstić information content (AvgIpc) is 2.89. The van der Waals surface area contributed by atoms with Gasteiger partial charge in [-0.2, -0.15) is 4.98 Å². The molecule has 1 aromatic heterocycles. The lowest BCUT2D eigenvalue weighted by Gasteiger charge is -2.25. The Labute approximate surface area is 115 Å². The van der Waals surface area contributed by atoms with Crippen LogP contribution < -0.4 is 5.32 Å². The van der Waals surface area contributed by atoms with Crippen molar-refractivity contribution in [2.24, 2.45) is 5.92 Å². The van der Waals surface area contributed by atoms with Gasteiger partial charge in [0.25, 0.3) is 0 Å². The highest BCUT2D eigenvalue weighted by atomic mass is 16.5. The Morgan fingerprint density at radius 1 is 1.37 bits per heavy atom. The zero-order chi connectivity index (χ0) is 13.7. The van der Waals surface area contributed by atoms with Gasteiger partial charge >= 0.3 is 0 Å². The lowest BCUT2D eigenvalue weighted by molar-refractivity contribution is 0.258. The van der Waals surface area contributed by atoms with E-state index < -0.39 is 0 Å². The predicted molar refractivity (Wildman–Crippen MR) is 74.9 cm³/mol. The van der Waals surface area contributed by atoms with Gasteiger partial charge in [-0.05, 0) is 38.4 Å². The molecule has 0 spiro atoms. The van der Waals surface area contributed by atoms with Crippen LogP contribution in [0.4, 0.5) is 0 Å².